The van der Waals surface area contributed by atoms with E-state index >= 15 is 0 Å². The van der Waals surface area contributed by atoms with Gasteiger partial charge in [-0.1, -0.05) is 26.7 Å². The molecule has 0 atom stereocenters. The predicted molar refractivity (Wildman–Crippen MR) is 68.5 cm³/mol. The van der Waals surface area contributed by atoms with E-state index in [1.54, 1.807) is 0 Å². The third kappa shape index (κ3) is 4.07. The number of anilines is 1. The molecular formula is C12H16F3N3O2. The summed E-state index contributed by atoms with van der Waals surface area (Å²) in [6.07, 6.45) is -2.30. The predicted octanol–water partition coefficient (Wildman–Crippen LogP) is 3.86. The second-order valence-corrected chi connectivity index (χ2v) is 4.40. The molecule has 0 saturated heterocycles. The number of hydrogen-bond acceptors (Lipinski definition) is 4. The number of aromatic nitrogens is 1. The van der Waals surface area contributed by atoms with Crippen LogP contribution in [0.4, 0.5) is 24.5 Å². The molecule has 0 unspecified atom stereocenters. The number of nitrogens with one attached hydrogen (secondary N) is 1. The Kier molecular flexibility index (Phi) is 5.29. The first kappa shape index (κ1) is 16.2. The Labute approximate surface area is 114 Å². The highest BCUT2D eigenvalue weighted by molar-refractivity contribution is 5.61. The van der Waals surface area contributed by atoms with E-state index in [0.29, 0.717) is 18.8 Å². The number of hydrogen-bond donors (Lipinski definition) is 1. The molecule has 0 aromatic carbocycles. The van der Waals surface area contributed by atoms with Gasteiger partial charge in [0.15, 0.2) is 0 Å². The molecule has 0 aliphatic heterocycles. The topological polar surface area (TPSA) is 68.1 Å². The van der Waals surface area contributed by atoms with Crippen LogP contribution < -0.4 is 5.32 Å². The van der Waals surface area contributed by atoms with Crippen LogP contribution in [0.5, 0.6) is 0 Å². The second-order valence-electron chi connectivity index (χ2n) is 4.40. The van der Waals surface area contributed by atoms with Crippen molar-refractivity contribution in [2.24, 2.45) is 5.92 Å². The zero-order chi connectivity index (χ0) is 15.3. The van der Waals surface area contributed by atoms with Crippen LogP contribution in [0.25, 0.3) is 0 Å². The third-order valence-corrected chi connectivity index (χ3v) is 3.11. The van der Waals surface area contributed by atoms with Gasteiger partial charge >= 0.3 is 11.9 Å². The summed E-state index contributed by atoms with van der Waals surface area (Å²) in [5, 5.41) is 13.5. The minimum absolute atomic E-state index is 0.149. The maximum absolute atomic E-state index is 12.6. The van der Waals surface area contributed by atoms with Crippen molar-refractivity contribution in [1.29, 1.82) is 0 Å². The van der Waals surface area contributed by atoms with E-state index in [0.717, 1.165) is 12.8 Å². The van der Waals surface area contributed by atoms with Gasteiger partial charge in [-0.15, -0.1) is 0 Å². The van der Waals surface area contributed by atoms with E-state index in [-0.39, 0.29) is 11.6 Å². The quantitative estimate of drug-likeness (QED) is 0.638. The molecule has 1 rings (SSSR count). The molecule has 1 aromatic rings. The van der Waals surface area contributed by atoms with E-state index in [4.69, 9.17) is 0 Å². The van der Waals surface area contributed by atoms with Crippen LogP contribution in [0.15, 0.2) is 12.3 Å². The maximum atomic E-state index is 12.6. The number of pyridine rings is 1. The van der Waals surface area contributed by atoms with Gasteiger partial charge < -0.3 is 5.32 Å². The van der Waals surface area contributed by atoms with E-state index in [1.165, 1.54) is 0 Å². The molecule has 0 radical (unpaired) electrons. The zero-order valence-electron chi connectivity index (χ0n) is 11.2. The van der Waals surface area contributed by atoms with Crippen LogP contribution >= 0.6 is 0 Å². The van der Waals surface area contributed by atoms with E-state index < -0.39 is 22.5 Å². The van der Waals surface area contributed by atoms with E-state index in [1.807, 2.05) is 13.8 Å². The minimum atomic E-state index is -4.62. The van der Waals surface area contributed by atoms with Gasteiger partial charge in [0.05, 0.1) is 4.92 Å². The van der Waals surface area contributed by atoms with E-state index in [2.05, 4.69) is 10.3 Å². The average molecular weight is 291 g/mol. The van der Waals surface area contributed by atoms with Crippen LogP contribution in [0.2, 0.25) is 0 Å². The molecule has 1 heterocycles. The molecule has 0 aliphatic carbocycles. The Bertz CT molecular complexity index is 474. The molecule has 0 spiro atoms. The molecule has 112 valence electrons. The highest BCUT2D eigenvalue weighted by Crippen LogP contribution is 2.33. The van der Waals surface area contributed by atoms with Crippen molar-refractivity contribution in [3.8, 4) is 0 Å². The van der Waals surface area contributed by atoms with Crippen molar-refractivity contribution in [2.45, 2.75) is 32.9 Å². The number of rotatable bonds is 6. The molecule has 8 heteroatoms. The monoisotopic (exact) mass is 291 g/mol. The van der Waals surface area contributed by atoms with Gasteiger partial charge in [0.1, 0.15) is 17.6 Å². The number of halogens is 3. The lowest BCUT2D eigenvalue weighted by Gasteiger charge is -2.15. The van der Waals surface area contributed by atoms with Gasteiger partial charge in [-0.2, -0.15) is 13.2 Å². The molecule has 1 aromatic heterocycles. The minimum Gasteiger partial charge on any atom is -0.379 e. The molecule has 0 saturated carbocycles. The van der Waals surface area contributed by atoms with Crippen LogP contribution in [-0.2, 0) is 6.18 Å². The lowest BCUT2D eigenvalue weighted by molar-refractivity contribution is -0.384. The van der Waals surface area contributed by atoms with Gasteiger partial charge in [0.2, 0.25) is 0 Å². The molecule has 0 aliphatic rings. The normalized spacial score (nSPS) is 11.7. The summed E-state index contributed by atoms with van der Waals surface area (Å²) in [7, 11) is 0. The Balaban J connectivity index is 3.03. The smallest absolute Gasteiger partial charge is 0.379 e. The number of nitro groups is 1. The van der Waals surface area contributed by atoms with Crippen molar-refractivity contribution >= 4 is 11.4 Å². The van der Waals surface area contributed by atoms with Crippen molar-refractivity contribution < 1.29 is 18.1 Å². The fourth-order valence-corrected chi connectivity index (χ4v) is 1.72. The van der Waals surface area contributed by atoms with Crippen LogP contribution in [0.1, 0.15) is 32.4 Å². The zero-order valence-corrected chi connectivity index (χ0v) is 11.2. The summed E-state index contributed by atoms with van der Waals surface area (Å²) < 4.78 is 37.7. The molecule has 0 bridgehead atoms. The first-order valence-corrected chi connectivity index (χ1v) is 6.25. The summed E-state index contributed by atoms with van der Waals surface area (Å²) in [6, 6.07) is 0.681. The summed E-state index contributed by atoms with van der Waals surface area (Å²) >= 11 is 0. The van der Waals surface area contributed by atoms with Gasteiger partial charge in [-0.05, 0) is 12.0 Å². The Morgan fingerprint density at radius 2 is 2.00 bits per heavy atom. The van der Waals surface area contributed by atoms with Crippen molar-refractivity contribution in [3.05, 3.63) is 28.1 Å². The summed E-state index contributed by atoms with van der Waals surface area (Å²) in [4.78, 5) is 13.2. The summed E-state index contributed by atoms with van der Waals surface area (Å²) in [5.41, 5.74) is -1.75. The highest BCUT2D eigenvalue weighted by atomic mass is 19.4. The summed E-state index contributed by atoms with van der Waals surface area (Å²) in [5.74, 6) is 0.247. The molecule has 1 N–H and O–H groups in total. The second kappa shape index (κ2) is 6.53. The first-order valence-electron chi connectivity index (χ1n) is 6.25. The van der Waals surface area contributed by atoms with Gasteiger partial charge in [-0.25, -0.2) is 4.98 Å². The van der Waals surface area contributed by atoms with Gasteiger partial charge in [0.25, 0.3) is 0 Å². The molecular weight excluding hydrogens is 275 g/mol. The van der Waals surface area contributed by atoms with Gasteiger partial charge in [-0.3, -0.25) is 10.1 Å². The van der Waals surface area contributed by atoms with Crippen molar-refractivity contribution in [3.63, 3.8) is 0 Å². The number of nitrogens with zero attached hydrogens (tertiary/aromatic N) is 2. The van der Waals surface area contributed by atoms with E-state index in [9.17, 15) is 23.3 Å². The first-order chi connectivity index (χ1) is 9.29. The fourth-order valence-electron chi connectivity index (χ4n) is 1.72. The summed E-state index contributed by atoms with van der Waals surface area (Å²) in [6.45, 7) is 4.30. The van der Waals surface area contributed by atoms with Crippen LogP contribution in [0.3, 0.4) is 0 Å². The maximum Gasteiger partial charge on any atom is 0.433 e. The molecule has 5 nitrogen and oxygen atoms in total. The SMILES string of the molecule is CCC(CC)CNc1cc(C(F)(F)F)ncc1[N+](=O)[O-]. The van der Waals surface area contributed by atoms with Crippen molar-refractivity contribution in [2.75, 3.05) is 11.9 Å². The van der Waals surface area contributed by atoms with Crippen LogP contribution in [-0.4, -0.2) is 16.5 Å². The molecule has 0 amide bonds. The lowest BCUT2D eigenvalue weighted by atomic mass is 10.0. The van der Waals surface area contributed by atoms with Crippen molar-refractivity contribution in [1.82, 2.24) is 4.98 Å². The molecule has 20 heavy (non-hydrogen) atoms. The third-order valence-electron chi connectivity index (χ3n) is 3.11. The standard InChI is InChI=1S/C12H16F3N3O2/c1-3-8(4-2)6-16-9-5-11(12(13,14)15)17-7-10(9)18(19)20/h5,7-8H,3-4,6H2,1-2H3,(H,16,17). The van der Waals surface area contributed by atoms with Crippen LogP contribution in [0, 0.1) is 16.0 Å². The average Bonchev–Trinajstić information content (AvgIpc) is 2.38. The lowest BCUT2D eigenvalue weighted by Crippen LogP contribution is -2.15. The number of alkyl halides is 3. The largest absolute Gasteiger partial charge is 0.433 e. The Hall–Kier alpha value is -1.86. The Morgan fingerprint density at radius 3 is 2.45 bits per heavy atom. The Morgan fingerprint density at radius 1 is 1.40 bits per heavy atom. The fraction of sp³-hybridized carbons (Fsp3) is 0.583. The molecule has 0 fully saturated rings. The highest BCUT2D eigenvalue weighted by Gasteiger charge is 2.34. The van der Waals surface area contributed by atoms with Gasteiger partial charge in [0, 0.05) is 6.54 Å².